The molecule has 0 amide bonds. The van der Waals surface area contributed by atoms with Gasteiger partial charge in [-0.25, -0.2) is 9.18 Å². The van der Waals surface area contributed by atoms with E-state index in [9.17, 15) is 14.3 Å². The van der Waals surface area contributed by atoms with Crippen molar-refractivity contribution in [2.75, 3.05) is 0 Å². The molecule has 0 radical (unpaired) electrons. The number of benzene rings is 1. The monoisotopic (exact) mass is 208 g/mol. The first-order valence-electron chi connectivity index (χ1n) is 4.50. The summed E-state index contributed by atoms with van der Waals surface area (Å²) in [5.41, 5.74) is 0.127. The van der Waals surface area contributed by atoms with Crippen LogP contribution in [0.1, 0.15) is 11.7 Å². The fourth-order valence-corrected chi connectivity index (χ4v) is 1.45. The van der Waals surface area contributed by atoms with Crippen LogP contribution >= 0.6 is 0 Å². The molecule has 4 heteroatoms. The van der Waals surface area contributed by atoms with Crippen LogP contribution in [-0.2, 0) is 9.53 Å². The van der Waals surface area contributed by atoms with Gasteiger partial charge in [0.05, 0.1) is 0 Å². The third-order valence-corrected chi connectivity index (χ3v) is 2.21. The molecule has 1 aromatic rings. The largest absolute Gasteiger partial charge is 0.452 e. The van der Waals surface area contributed by atoms with Gasteiger partial charge in [-0.1, -0.05) is 18.2 Å². The molecule has 3 nitrogen and oxygen atoms in total. The first-order chi connectivity index (χ1) is 7.18. The fourth-order valence-electron chi connectivity index (χ4n) is 1.45. The van der Waals surface area contributed by atoms with Gasteiger partial charge < -0.3 is 9.84 Å². The number of hydrogen-bond donors (Lipinski definition) is 1. The van der Waals surface area contributed by atoms with Crippen LogP contribution in [0.2, 0.25) is 0 Å². The Hall–Kier alpha value is -1.68. The van der Waals surface area contributed by atoms with Crippen molar-refractivity contribution in [1.29, 1.82) is 0 Å². The summed E-state index contributed by atoms with van der Waals surface area (Å²) >= 11 is 0. The van der Waals surface area contributed by atoms with Crippen LogP contribution in [0.4, 0.5) is 4.39 Å². The number of ether oxygens (including phenoxy) is 1. The lowest BCUT2D eigenvalue weighted by Gasteiger charge is -2.16. The molecule has 0 unspecified atom stereocenters. The van der Waals surface area contributed by atoms with E-state index in [2.05, 4.69) is 0 Å². The zero-order valence-electron chi connectivity index (χ0n) is 7.76. The number of carbonyl (C=O) groups excluding carboxylic acids is 1. The van der Waals surface area contributed by atoms with E-state index in [0.717, 1.165) is 0 Å². The zero-order valence-corrected chi connectivity index (χ0v) is 7.76. The molecule has 0 bridgehead atoms. The number of rotatable bonds is 2. The van der Waals surface area contributed by atoms with Crippen molar-refractivity contribution >= 4 is 5.97 Å². The Morgan fingerprint density at radius 3 is 2.73 bits per heavy atom. The van der Waals surface area contributed by atoms with Gasteiger partial charge in [-0.3, -0.25) is 0 Å². The Balaban J connectivity index is 2.22. The first kappa shape index (κ1) is 9.86. The number of aliphatic hydroxyl groups is 1. The topological polar surface area (TPSA) is 46.5 Å². The molecule has 0 saturated carbocycles. The predicted octanol–water partition coefficient (Wildman–Crippen LogP) is 1.34. The Morgan fingerprint density at radius 2 is 2.13 bits per heavy atom. The molecule has 0 aromatic heterocycles. The van der Waals surface area contributed by atoms with Crippen molar-refractivity contribution in [3.8, 4) is 0 Å². The standard InChI is InChI=1S/C11H9FO3/c12-8-4-2-1-3-7(8)11(14)9-5-6-10(13)15-9/h1-6,9,11,14H/t9-,11+/m1/s1. The van der Waals surface area contributed by atoms with Crippen molar-refractivity contribution in [2.24, 2.45) is 0 Å². The third kappa shape index (κ3) is 1.89. The van der Waals surface area contributed by atoms with E-state index in [-0.39, 0.29) is 5.56 Å². The van der Waals surface area contributed by atoms with E-state index >= 15 is 0 Å². The molecule has 15 heavy (non-hydrogen) atoms. The van der Waals surface area contributed by atoms with Crippen LogP contribution in [0, 0.1) is 5.82 Å². The van der Waals surface area contributed by atoms with Crippen LogP contribution in [0.3, 0.4) is 0 Å². The molecule has 0 aliphatic carbocycles. The van der Waals surface area contributed by atoms with Gasteiger partial charge in [-0.15, -0.1) is 0 Å². The van der Waals surface area contributed by atoms with E-state index < -0.39 is 24.0 Å². The third-order valence-electron chi connectivity index (χ3n) is 2.21. The Morgan fingerprint density at radius 1 is 1.40 bits per heavy atom. The molecule has 1 heterocycles. The molecule has 2 atom stereocenters. The molecule has 2 rings (SSSR count). The average molecular weight is 208 g/mol. The number of carbonyl (C=O) groups is 1. The highest BCUT2D eigenvalue weighted by Gasteiger charge is 2.27. The van der Waals surface area contributed by atoms with Crippen molar-refractivity contribution in [3.05, 3.63) is 47.8 Å². The lowest BCUT2D eigenvalue weighted by atomic mass is 10.0. The number of hydrogen-bond acceptors (Lipinski definition) is 3. The molecule has 1 aliphatic heterocycles. The Labute approximate surface area is 85.8 Å². The SMILES string of the molecule is O=C1C=C[C@H]([C@@H](O)c2ccccc2F)O1. The maximum Gasteiger partial charge on any atom is 0.331 e. The molecule has 78 valence electrons. The molecule has 1 aliphatic rings. The fraction of sp³-hybridized carbons (Fsp3) is 0.182. The highest BCUT2D eigenvalue weighted by atomic mass is 19.1. The molecule has 0 fully saturated rings. The highest BCUT2D eigenvalue weighted by Crippen LogP contribution is 2.25. The smallest absolute Gasteiger partial charge is 0.331 e. The first-order valence-corrected chi connectivity index (χ1v) is 4.50. The molecule has 1 N–H and O–H groups in total. The normalized spacial score (nSPS) is 21.5. The minimum absolute atomic E-state index is 0.127. The predicted molar refractivity (Wildman–Crippen MR) is 50.4 cm³/mol. The minimum Gasteiger partial charge on any atom is -0.452 e. The molecule has 0 saturated heterocycles. The summed E-state index contributed by atoms with van der Waals surface area (Å²) in [7, 11) is 0. The van der Waals surface area contributed by atoms with E-state index in [0.29, 0.717) is 0 Å². The van der Waals surface area contributed by atoms with Gasteiger partial charge in [-0.05, 0) is 12.1 Å². The summed E-state index contributed by atoms with van der Waals surface area (Å²) in [6.45, 7) is 0. The maximum atomic E-state index is 13.3. The second kappa shape index (κ2) is 3.82. The van der Waals surface area contributed by atoms with Crippen molar-refractivity contribution in [3.63, 3.8) is 0 Å². The van der Waals surface area contributed by atoms with Gasteiger partial charge >= 0.3 is 5.97 Å². The Bertz CT molecular complexity index is 414. The van der Waals surface area contributed by atoms with Crippen LogP contribution in [0.5, 0.6) is 0 Å². The van der Waals surface area contributed by atoms with Gasteiger partial charge in [0, 0.05) is 11.6 Å². The summed E-state index contributed by atoms with van der Waals surface area (Å²) in [5.74, 6) is -1.03. The summed E-state index contributed by atoms with van der Waals surface area (Å²) in [5, 5.41) is 9.75. The van der Waals surface area contributed by atoms with Gasteiger partial charge in [0.2, 0.25) is 0 Å². The number of cyclic esters (lactones) is 1. The zero-order chi connectivity index (χ0) is 10.8. The molecule has 1 aromatic carbocycles. The van der Waals surface area contributed by atoms with Crippen LogP contribution in [0.25, 0.3) is 0 Å². The van der Waals surface area contributed by atoms with Gasteiger partial charge in [0.25, 0.3) is 0 Å². The second-order valence-electron chi connectivity index (χ2n) is 3.23. The summed E-state index contributed by atoms with van der Waals surface area (Å²) in [6.07, 6.45) is 0.678. The van der Waals surface area contributed by atoms with Gasteiger partial charge in [-0.2, -0.15) is 0 Å². The van der Waals surface area contributed by atoms with Gasteiger partial charge in [0.1, 0.15) is 11.9 Å². The quantitative estimate of drug-likeness (QED) is 0.746. The van der Waals surface area contributed by atoms with Gasteiger partial charge in [0.15, 0.2) is 6.10 Å². The van der Waals surface area contributed by atoms with Crippen molar-refractivity contribution in [1.82, 2.24) is 0 Å². The van der Waals surface area contributed by atoms with Crippen LogP contribution in [-0.4, -0.2) is 17.2 Å². The second-order valence-corrected chi connectivity index (χ2v) is 3.23. The van der Waals surface area contributed by atoms with Crippen molar-refractivity contribution < 1.29 is 19.0 Å². The molecular formula is C11H9FO3. The molecular weight excluding hydrogens is 199 g/mol. The average Bonchev–Trinajstić information content (AvgIpc) is 2.65. The number of esters is 1. The van der Waals surface area contributed by atoms with Crippen LogP contribution < -0.4 is 0 Å². The summed E-state index contributed by atoms with van der Waals surface area (Å²) in [4.78, 5) is 10.8. The lowest BCUT2D eigenvalue weighted by molar-refractivity contribution is -0.142. The molecule has 0 spiro atoms. The van der Waals surface area contributed by atoms with E-state index in [1.54, 1.807) is 6.07 Å². The lowest BCUT2D eigenvalue weighted by Crippen LogP contribution is -2.19. The number of aliphatic hydroxyl groups excluding tert-OH is 1. The Kier molecular flexibility index (Phi) is 2.51. The summed E-state index contributed by atoms with van der Waals surface area (Å²) < 4.78 is 18.0. The maximum absolute atomic E-state index is 13.3. The van der Waals surface area contributed by atoms with E-state index in [1.807, 2.05) is 0 Å². The van der Waals surface area contributed by atoms with Crippen LogP contribution in [0.15, 0.2) is 36.4 Å². The van der Waals surface area contributed by atoms with E-state index in [1.165, 1.54) is 30.4 Å². The van der Waals surface area contributed by atoms with Crippen molar-refractivity contribution in [2.45, 2.75) is 12.2 Å². The number of halogens is 1. The van der Waals surface area contributed by atoms with E-state index in [4.69, 9.17) is 4.74 Å². The highest BCUT2D eigenvalue weighted by molar-refractivity contribution is 5.84. The summed E-state index contributed by atoms with van der Waals surface area (Å²) in [6, 6.07) is 5.85. The minimum atomic E-state index is -1.16.